The predicted octanol–water partition coefficient (Wildman–Crippen LogP) is 2.17. The molecule has 0 amide bonds. The van der Waals surface area contributed by atoms with Crippen molar-refractivity contribution in [2.24, 2.45) is 5.73 Å². The van der Waals surface area contributed by atoms with Crippen LogP contribution in [0.25, 0.3) is 0 Å². The van der Waals surface area contributed by atoms with Crippen LogP contribution in [0.2, 0.25) is 0 Å². The van der Waals surface area contributed by atoms with E-state index in [0.29, 0.717) is 32.1 Å². The average Bonchev–Trinajstić information content (AvgIpc) is 2.45. The van der Waals surface area contributed by atoms with E-state index in [0.717, 1.165) is 6.07 Å². The van der Waals surface area contributed by atoms with Gasteiger partial charge < -0.3 is 20.5 Å². The molecule has 4 nitrogen and oxygen atoms in total. The lowest BCUT2D eigenvalue weighted by molar-refractivity contribution is -0.137. The molecule has 0 aromatic heterocycles. The minimum absolute atomic E-state index is 0.177. The van der Waals surface area contributed by atoms with Gasteiger partial charge in [0.25, 0.3) is 0 Å². The van der Waals surface area contributed by atoms with E-state index in [1.807, 2.05) is 0 Å². The smallest absolute Gasteiger partial charge is 0.389 e. The van der Waals surface area contributed by atoms with Gasteiger partial charge in [0.2, 0.25) is 0 Å². The molecule has 1 atom stereocenters. The molecule has 1 fully saturated rings. The lowest BCUT2D eigenvalue weighted by Gasteiger charge is -2.24. The topological polar surface area (TPSA) is 56.5 Å². The molecule has 116 valence electrons. The summed E-state index contributed by atoms with van der Waals surface area (Å²) in [4.78, 5) is -0.280. The van der Waals surface area contributed by atoms with Gasteiger partial charge in [-0.15, -0.1) is 0 Å². The van der Waals surface area contributed by atoms with Crippen LogP contribution in [0, 0.1) is 0 Å². The first kappa shape index (κ1) is 16.0. The van der Waals surface area contributed by atoms with Crippen molar-refractivity contribution in [3.63, 3.8) is 0 Å². The summed E-state index contributed by atoms with van der Waals surface area (Å²) in [7, 11) is 0. The van der Waals surface area contributed by atoms with Crippen LogP contribution in [-0.4, -0.2) is 37.5 Å². The second-order valence-electron chi connectivity index (χ2n) is 4.57. The second-order valence-corrected chi connectivity index (χ2v) is 5.01. The summed E-state index contributed by atoms with van der Waals surface area (Å²) < 4.78 is 49.6. The molecule has 1 unspecified atom stereocenters. The van der Waals surface area contributed by atoms with Crippen LogP contribution >= 0.6 is 12.2 Å². The summed E-state index contributed by atoms with van der Waals surface area (Å²) in [6, 6.07) is 3.78. The summed E-state index contributed by atoms with van der Waals surface area (Å²) >= 11 is 4.65. The third kappa shape index (κ3) is 4.29. The van der Waals surface area contributed by atoms with Gasteiger partial charge in [0.15, 0.2) is 0 Å². The highest BCUT2D eigenvalue weighted by molar-refractivity contribution is 7.80. The molecule has 0 saturated carbocycles. The van der Waals surface area contributed by atoms with Gasteiger partial charge in [-0.1, -0.05) is 12.2 Å². The Morgan fingerprint density at radius 1 is 1.38 bits per heavy atom. The van der Waals surface area contributed by atoms with E-state index in [1.165, 1.54) is 12.1 Å². The van der Waals surface area contributed by atoms with Gasteiger partial charge in [0.1, 0.15) is 4.99 Å². The zero-order valence-corrected chi connectivity index (χ0v) is 11.9. The minimum Gasteiger partial charge on any atom is -0.389 e. The number of nitrogens with two attached hydrogens (primary N) is 1. The fourth-order valence-corrected chi connectivity index (χ4v) is 2.17. The van der Waals surface area contributed by atoms with Crippen LogP contribution in [0.3, 0.4) is 0 Å². The SMILES string of the molecule is NC(=S)c1ccc(NCC2COCCO2)cc1C(F)(F)F. The number of nitrogens with one attached hydrogen (secondary N) is 1. The summed E-state index contributed by atoms with van der Waals surface area (Å²) in [5, 5.41) is 2.90. The normalized spacial score (nSPS) is 19.3. The van der Waals surface area contributed by atoms with E-state index in [4.69, 9.17) is 15.2 Å². The Labute approximate surface area is 125 Å². The fourth-order valence-electron chi connectivity index (χ4n) is 1.99. The van der Waals surface area contributed by atoms with Crippen molar-refractivity contribution < 1.29 is 22.6 Å². The number of halogens is 3. The van der Waals surface area contributed by atoms with Crippen LogP contribution in [0.4, 0.5) is 18.9 Å². The highest BCUT2D eigenvalue weighted by Gasteiger charge is 2.34. The highest BCUT2D eigenvalue weighted by Crippen LogP contribution is 2.33. The number of hydrogen-bond acceptors (Lipinski definition) is 4. The van der Waals surface area contributed by atoms with Crippen LogP contribution in [0.1, 0.15) is 11.1 Å². The van der Waals surface area contributed by atoms with Gasteiger partial charge in [0, 0.05) is 17.8 Å². The molecule has 21 heavy (non-hydrogen) atoms. The molecule has 1 aliphatic rings. The third-order valence-electron chi connectivity index (χ3n) is 3.01. The maximum Gasteiger partial charge on any atom is 0.417 e. The van der Waals surface area contributed by atoms with Crippen LogP contribution in [0.5, 0.6) is 0 Å². The first-order valence-corrected chi connectivity index (χ1v) is 6.73. The lowest BCUT2D eigenvalue weighted by atomic mass is 10.1. The number of ether oxygens (including phenoxy) is 2. The molecular weight excluding hydrogens is 305 g/mol. The van der Waals surface area contributed by atoms with Gasteiger partial charge in [-0.2, -0.15) is 13.2 Å². The van der Waals surface area contributed by atoms with E-state index in [1.54, 1.807) is 0 Å². The Kier molecular flexibility index (Phi) is 5.02. The number of hydrogen-bond donors (Lipinski definition) is 2. The number of benzene rings is 1. The molecule has 0 bridgehead atoms. The monoisotopic (exact) mass is 320 g/mol. The van der Waals surface area contributed by atoms with E-state index in [9.17, 15) is 13.2 Å². The standard InChI is InChI=1S/C13H15F3N2O2S/c14-13(15,16)11-5-8(1-2-10(11)12(17)21)18-6-9-7-19-3-4-20-9/h1-2,5,9,18H,3-4,6-7H2,(H2,17,21). The summed E-state index contributed by atoms with van der Waals surface area (Å²) in [6.45, 7) is 1.81. The molecule has 3 N–H and O–H groups in total. The number of anilines is 1. The predicted molar refractivity (Wildman–Crippen MR) is 76.4 cm³/mol. The van der Waals surface area contributed by atoms with Crippen molar-refractivity contribution in [3.05, 3.63) is 29.3 Å². The van der Waals surface area contributed by atoms with Crippen molar-refractivity contribution >= 4 is 22.9 Å². The molecule has 1 saturated heterocycles. The van der Waals surface area contributed by atoms with Gasteiger partial charge in [-0.3, -0.25) is 0 Å². The Balaban J connectivity index is 2.11. The highest BCUT2D eigenvalue weighted by atomic mass is 32.1. The number of rotatable bonds is 4. The second kappa shape index (κ2) is 6.59. The Hall–Kier alpha value is -1.38. The fraction of sp³-hybridized carbons (Fsp3) is 0.462. The maximum atomic E-state index is 13.0. The van der Waals surface area contributed by atoms with Crippen molar-refractivity contribution in [2.45, 2.75) is 12.3 Å². The number of thiocarbonyl (C=S) groups is 1. The molecule has 1 heterocycles. The average molecular weight is 320 g/mol. The Morgan fingerprint density at radius 3 is 2.71 bits per heavy atom. The zero-order valence-electron chi connectivity index (χ0n) is 11.1. The van der Waals surface area contributed by atoms with E-state index < -0.39 is 11.7 Å². The van der Waals surface area contributed by atoms with Gasteiger partial charge in [-0.25, -0.2) is 0 Å². The lowest BCUT2D eigenvalue weighted by Crippen LogP contribution is -2.34. The third-order valence-corrected chi connectivity index (χ3v) is 3.23. The first-order chi connectivity index (χ1) is 9.88. The molecule has 1 aromatic carbocycles. The van der Waals surface area contributed by atoms with Crippen LogP contribution in [-0.2, 0) is 15.7 Å². The van der Waals surface area contributed by atoms with Gasteiger partial charge >= 0.3 is 6.18 Å². The van der Waals surface area contributed by atoms with Crippen molar-refractivity contribution in [2.75, 3.05) is 31.7 Å². The molecule has 0 spiro atoms. The molecule has 0 radical (unpaired) electrons. The molecule has 0 aliphatic carbocycles. The van der Waals surface area contributed by atoms with Crippen molar-refractivity contribution in [3.8, 4) is 0 Å². The summed E-state index contributed by atoms with van der Waals surface area (Å²) in [5.41, 5.74) is 4.63. The first-order valence-electron chi connectivity index (χ1n) is 6.32. The quantitative estimate of drug-likeness (QED) is 0.833. The largest absolute Gasteiger partial charge is 0.417 e. The molecule has 1 aliphatic heterocycles. The van der Waals surface area contributed by atoms with Gasteiger partial charge in [0.05, 0.1) is 31.5 Å². The summed E-state index contributed by atoms with van der Waals surface area (Å²) in [6.07, 6.45) is -4.69. The van der Waals surface area contributed by atoms with E-state index >= 15 is 0 Å². The van der Waals surface area contributed by atoms with Crippen LogP contribution in [0.15, 0.2) is 18.2 Å². The molecular formula is C13H15F3N2O2S. The van der Waals surface area contributed by atoms with Crippen molar-refractivity contribution in [1.29, 1.82) is 0 Å². The Bertz CT molecular complexity index is 517. The molecule has 2 rings (SSSR count). The summed E-state index contributed by atoms with van der Waals surface area (Å²) in [5.74, 6) is 0. The van der Waals surface area contributed by atoms with E-state index in [2.05, 4.69) is 17.5 Å². The van der Waals surface area contributed by atoms with E-state index in [-0.39, 0.29) is 16.7 Å². The van der Waals surface area contributed by atoms with Gasteiger partial charge in [-0.05, 0) is 18.2 Å². The molecule has 1 aromatic rings. The zero-order chi connectivity index (χ0) is 15.5. The Morgan fingerprint density at radius 2 is 2.14 bits per heavy atom. The minimum atomic E-state index is -4.51. The molecule has 8 heteroatoms. The van der Waals surface area contributed by atoms with Crippen LogP contribution < -0.4 is 11.1 Å². The number of alkyl halides is 3. The van der Waals surface area contributed by atoms with Crippen molar-refractivity contribution in [1.82, 2.24) is 0 Å². The maximum absolute atomic E-state index is 13.0.